The highest BCUT2D eigenvalue weighted by atomic mass is 28.4. The van der Waals surface area contributed by atoms with Gasteiger partial charge in [0.15, 0.2) is 8.32 Å². The molecular weight excluding hydrogens is 228 g/mol. The Bertz CT molecular complexity index is 430. The highest BCUT2D eigenvalue weighted by Crippen LogP contribution is 2.37. The molecule has 1 aromatic rings. The second-order valence-electron chi connectivity index (χ2n) is 5.65. The molecule has 1 rings (SSSR count). The van der Waals surface area contributed by atoms with Gasteiger partial charge in [0.1, 0.15) is 6.20 Å². The Hall–Kier alpha value is -1.18. The molecule has 3 nitrogen and oxygen atoms in total. The second kappa shape index (κ2) is 4.99. The summed E-state index contributed by atoms with van der Waals surface area (Å²) in [5, 5.41) is 0.188. The van der Waals surface area contributed by atoms with Crippen molar-refractivity contribution in [3.05, 3.63) is 35.3 Å². The van der Waals surface area contributed by atoms with Crippen molar-refractivity contribution in [3.63, 3.8) is 0 Å². The van der Waals surface area contributed by atoms with Gasteiger partial charge in [-0.05, 0) is 24.2 Å². The van der Waals surface area contributed by atoms with Crippen molar-refractivity contribution in [2.75, 3.05) is 0 Å². The normalized spacial score (nSPS) is 12.2. The van der Waals surface area contributed by atoms with Crippen molar-refractivity contribution < 1.29 is 4.43 Å². The van der Waals surface area contributed by atoms with Crippen molar-refractivity contribution in [1.82, 2.24) is 4.98 Å². The quantitative estimate of drug-likeness (QED) is 0.593. The molecule has 0 bridgehead atoms. The van der Waals surface area contributed by atoms with Crippen LogP contribution in [0.1, 0.15) is 26.3 Å². The molecule has 0 spiro atoms. The molecule has 1 heterocycles. The summed E-state index contributed by atoms with van der Waals surface area (Å²) in [6.45, 7) is 18.6. The van der Waals surface area contributed by atoms with Gasteiger partial charge in [-0.2, -0.15) is 0 Å². The van der Waals surface area contributed by atoms with Crippen LogP contribution in [0.5, 0.6) is 0 Å². The van der Waals surface area contributed by atoms with Gasteiger partial charge < -0.3 is 9.27 Å². The predicted octanol–water partition coefficient (Wildman–Crippen LogP) is 4.15. The molecule has 0 atom stereocenters. The Balaban J connectivity index is 2.78. The van der Waals surface area contributed by atoms with Gasteiger partial charge in [0, 0.05) is 5.56 Å². The first-order valence-corrected chi connectivity index (χ1v) is 8.64. The lowest BCUT2D eigenvalue weighted by Gasteiger charge is -2.36. The van der Waals surface area contributed by atoms with Crippen LogP contribution in [0.3, 0.4) is 0 Å². The summed E-state index contributed by atoms with van der Waals surface area (Å²) >= 11 is 0. The zero-order valence-corrected chi connectivity index (χ0v) is 12.2. The van der Waals surface area contributed by atoms with E-state index in [9.17, 15) is 0 Å². The van der Waals surface area contributed by atoms with Gasteiger partial charge in [-0.1, -0.05) is 33.4 Å². The molecule has 0 saturated carbocycles. The molecule has 0 aliphatic heterocycles. The van der Waals surface area contributed by atoms with E-state index in [-0.39, 0.29) is 5.04 Å². The summed E-state index contributed by atoms with van der Waals surface area (Å²) in [5.41, 5.74) is 0.882. The van der Waals surface area contributed by atoms with Crippen LogP contribution in [0.15, 0.2) is 18.3 Å². The lowest BCUT2D eigenvalue weighted by Crippen LogP contribution is -2.40. The number of hydrogen-bond donors (Lipinski definition) is 0. The number of aromatic nitrogens is 1. The van der Waals surface area contributed by atoms with Crippen molar-refractivity contribution in [3.8, 4) is 0 Å². The lowest BCUT2D eigenvalue weighted by atomic mass is 10.2. The van der Waals surface area contributed by atoms with E-state index in [2.05, 4.69) is 43.7 Å². The molecule has 0 fully saturated rings. The van der Waals surface area contributed by atoms with E-state index in [1.165, 1.54) is 0 Å². The van der Waals surface area contributed by atoms with Gasteiger partial charge in [0.2, 0.25) is 0 Å². The van der Waals surface area contributed by atoms with Crippen LogP contribution in [0.25, 0.3) is 4.85 Å². The molecule has 0 N–H and O–H groups in total. The fourth-order valence-electron chi connectivity index (χ4n) is 1.12. The molecule has 17 heavy (non-hydrogen) atoms. The Morgan fingerprint density at radius 1 is 1.41 bits per heavy atom. The first-order valence-electron chi connectivity index (χ1n) is 5.73. The lowest BCUT2D eigenvalue weighted by molar-refractivity contribution is 0.277. The summed E-state index contributed by atoms with van der Waals surface area (Å²) in [6.07, 6.45) is 1.64. The van der Waals surface area contributed by atoms with Crippen molar-refractivity contribution in [1.29, 1.82) is 0 Å². The maximum atomic E-state index is 7.06. The van der Waals surface area contributed by atoms with Gasteiger partial charge in [0.05, 0.1) is 6.61 Å². The van der Waals surface area contributed by atoms with Crippen molar-refractivity contribution >= 4 is 14.1 Å². The van der Waals surface area contributed by atoms with Crippen LogP contribution in [0.4, 0.5) is 5.82 Å². The van der Waals surface area contributed by atoms with Crippen LogP contribution in [-0.2, 0) is 11.0 Å². The molecule has 0 aromatic carbocycles. The summed E-state index contributed by atoms with van der Waals surface area (Å²) in [4.78, 5) is 7.45. The van der Waals surface area contributed by atoms with Crippen LogP contribution in [0.2, 0.25) is 18.1 Å². The maximum Gasteiger partial charge on any atom is 0.274 e. The van der Waals surface area contributed by atoms with Gasteiger partial charge in [-0.15, -0.1) is 4.98 Å². The summed E-state index contributed by atoms with van der Waals surface area (Å²) in [5.74, 6) is 0.450. The van der Waals surface area contributed by atoms with E-state index in [1.807, 2.05) is 12.1 Å². The third kappa shape index (κ3) is 3.38. The Morgan fingerprint density at radius 2 is 2.06 bits per heavy atom. The molecule has 92 valence electrons. The second-order valence-corrected chi connectivity index (χ2v) is 10.5. The van der Waals surface area contributed by atoms with Gasteiger partial charge in [-0.3, -0.25) is 0 Å². The smallest absolute Gasteiger partial charge is 0.274 e. The average molecular weight is 248 g/mol. The number of hydrogen-bond acceptors (Lipinski definition) is 2. The topological polar surface area (TPSA) is 26.5 Å². The SMILES string of the molecule is [C-]#[N+]c1ncccc1CO[Si](C)(C)C(C)(C)C. The molecule has 0 aliphatic carbocycles. The molecule has 0 radical (unpaired) electrons. The predicted molar refractivity (Wildman–Crippen MR) is 72.5 cm³/mol. The van der Waals surface area contributed by atoms with E-state index in [1.54, 1.807) is 6.20 Å². The summed E-state index contributed by atoms with van der Waals surface area (Å²) in [6, 6.07) is 3.76. The van der Waals surface area contributed by atoms with Gasteiger partial charge in [0.25, 0.3) is 5.82 Å². The molecule has 0 amide bonds. The highest BCUT2D eigenvalue weighted by molar-refractivity contribution is 6.74. The fraction of sp³-hybridized carbons (Fsp3) is 0.538. The Kier molecular flexibility index (Phi) is 4.07. The van der Waals surface area contributed by atoms with Crippen LogP contribution in [0, 0.1) is 6.57 Å². The number of nitrogens with zero attached hydrogens (tertiary/aromatic N) is 2. The Morgan fingerprint density at radius 3 is 2.59 bits per heavy atom. The molecular formula is C13H20N2OSi. The first kappa shape index (κ1) is 13.9. The van der Waals surface area contributed by atoms with Crippen LogP contribution < -0.4 is 0 Å². The van der Waals surface area contributed by atoms with E-state index in [0.717, 1.165) is 5.56 Å². The monoisotopic (exact) mass is 248 g/mol. The van der Waals surface area contributed by atoms with Gasteiger partial charge >= 0.3 is 0 Å². The van der Waals surface area contributed by atoms with E-state index in [4.69, 9.17) is 11.0 Å². The number of rotatable bonds is 3. The first-order chi connectivity index (χ1) is 7.78. The van der Waals surface area contributed by atoms with Crippen LogP contribution in [-0.4, -0.2) is 13.3 Å². The van der Waals surface area contributed by atoms with Crippen molar-refractivity contribution in [2.24, 2.45) is 0 Å². The molecule has 1 aromatic heterocycles. The zero-order chi connectivity index (χ0) is 13.1. The van der Waals surface area contributed by atoms with E-state index < -0.39 is 8.32 Å². The average Bonchev–Trinajstić information content (AvgIpc) is 2.25. The fourth-order valence-corrected chi connectivity index (χ4v) is 2.07. The highest BCUT2D eigenvalue weighted by Gasteiger charge is 2.37. The number of pyridine rings is 1. The molecule has 0 aliphatic rings. The van der Waals surface area contributed by atoms with E-state index >= 15 is 0 Å². The minimum Gasteiger partial charge on any atom is -0.414 e. The minimum atomic E-state index is -1.75. The standard InChI is InChI=1S/C13H20N2OSi/c1-13(2,3)17(5,6)16-10-11-8-7-9-15-12(11)14-4/h7-9H,10H2,1-3,5-6H3. The Labute approximate surface area is 105 Å². The third-order valence-corrected chi connectivity index (χ3v) is 7.85. The van der Waals surface area contributed by atoms with Crippen LogP contribution >= 0.6 is 0 Å². The minimum absolute atomic E-state index is 0.188. The summed E-state index contributed by atoms with van der Waals surface area (Å²) in [7, 11) is -1.75. The largest absolute Gasteiger partial charge is 0.414 e. The van der Waals surface area contributed by atoms with E-state index in [0.29, 0.717) is 12.4 Å². The van der Waals surface area contributed by atoms with Crippen molar-refractivity contribution in [2.45, 2.75) is 45.5 Å². The molecule has 0 saturated heterocycles. The molecule has 0 unspecified atom stereocenters. The summed E-state index contributed by atoms with van der Waals surface area (Å²) < 4.78 is 6.08. The third-order valence-electron chi connectivity index (χ3n) is 3.37. The molecule has 4 heteroatoms. The van der Waals surface area contributed by atoms with Gasteiger partial charge in [-0.25, -0.2) is 0 Å². The zero-order valence-electron chi connectivity index (χ0n) is 11.2. The maximum absolute atomic E-state index is 7.06.